The van der Waals surface area contributed by atoms with Crippen LogP contribution in [0.5, 0.6) is 0 Å². The third kappa shape index (κ3) is 2.22. The zero-order valence-electron chi connectivity index (χ0n) is 6.52. The van der Waals surface area contributed by atoms with E-state index >= 15 is 0 Å². The molecule has 1 atom stereocenters. The van der Waals surface area contributed by atoms with E-state index in [2.05, 4.69) is 10.6 Å². The van der Waals surface area contributed by atoms with Crippen molar-refractivity contribution < 1.29 is 9.59 Å². The van der Waals surface area contributed by atoms with E-state index in [4.69, 9.17) is 0 Å². The maximum atomic E-state index is 10.9. The minimum Gasteiger partial charge on any atom is -0.338 e. The summed E-state index contributed by atoms with van der Waals surface area (Å²) in [4.78, 5) is 21.6. The predicted octanol–water partition coefficient (Wildman–Crippen LogP) is 0.242. The first-order valence-corrected chi connectivity index (χ1v) is 3.80. The minimum atomic E-state index is -0.369. The van der Waals surface area contributed by atoms with Gasteiger partial charge in [0, 0.05) is 13.0 Å². The van der Waals surface area contributed by atoms with E-state index in [1.54, 1.807) is 0 Å². The molecular formula is C7H12N2O2. The van der Waals surface area contributed by atoms with Gasteiger partial charge in [0.1, 0.15) is 0 Å². The molecule has 0 radical (unpaired) electrons. The van der Waals surface area contributed by atoms with E-state index in [0.29, 0.717) is 18.9 Å². The smallest absolute Gasteiger partial charge is 0.321 e. The van der Waals surface area contributed by atoms with E-state index in [9.17, 15) is 9.59 Å². The van der Waals surface area contributed by atoms with Crippen molar-refractivity contribution in [1.29, 1.82) is 0 Å². The molecule has 0 bridgehead atoms. The molecule has 62 valence electrons. The Morgan fingerprint density at radius 1 is 1.55 bits per heavy atom. The average molecular weight is 156 g/mol. The molecule has 0 aliphatic carbocycles. The molecular weight excluding hydrogens is 144 g/mol. The number of imide groups is 1. The number of nitrogens with one attached hydrogen (secondary N) is 2. The molecule has 4 heteroatoms. The van der Waals surface area contributed by atoms with Crippen LogP contribution in [-0.2, 0) is 4.79 Å². The van der Waals surface area contributed by atoms with Gasteiger partial charge in [0.05, 0.1) is 0 Å². The third-order valence-corrected chi connectivity index (χ3v) is 1.86. The number of urea groups is 1. The van der Waals surface area contributed by atoms with Gasteiger partial charge in [0.15, 0.2) is 0 Å². The Morgan fingerprint density at radius 3 is 2.91 bits per heavy atom. The Hall–Kier alpha value is -1.06. The van der Waals surface area contributed by atoms with Crippen molar-refractivity contribution in [3.8, 4) is 0 Å². The van der Waals surface area contributed by atoms with E-state index in [0.717, 1.165) is 6.42 Å². The second-order valence-electron chi connectivity index (χ2n) is 2.74. The second-order valence-corrected chi connectivity index (χ2v) is 2.74. The van der Waals surface area contributed by atoms with E-state index in [-0.39, 0.29) is 11.9 Å². The van der Waals surface area contributed by atoms with Crippen LogP contribution < -0.4 is 10.6 Å². The summed E-state index contributed by atoms with van der Waals surface area (Å²) in [7, 11) is 0. The van der Waals surface area contributed by atoms with Gasteiger partial charge in [-0.3, -0.25) is 10.1 Å². The highest BCUT2D eigenvalue weighted by atomic mass is 16.2. The number of hydrogen-bond donors (Lipinski definition) is 2. The van der Waals surface area contributed by atoms with Crippen LogP contribution in [0.2, 0.25) is 0 Å². The van der Waals surface area contributed by atoms with Gasteiger partial charge in [-0.2, -0.15) is 0 Å². The van der Waals surface area contributed by atoms with Gasteiger partial charge < -0.3 is 5.32 Å². The molecule has 1 aliphatic rings. The molecule has 0 aromatic carbocycles. The van der Waals surface area contributed by atoms with Crippen LogP contribution in [0.4, 0.5) is 4.79 Å². The van der Waals surface area contributed by atoms with Crippen LogP contribution in [0.1, 0.15) is 19.8 Å². The third-order valence-electron chi connectivity index (χ3n) is 1.86. The van der Waals surface area contributed by atoms with Gasteiger partial charge in [-0.25, -0.2) is 4.79 Å². The lowest BCUT2D eigenvalue weighted by atomic mass is 10.0. The van der Waals surface area contributed by atoms with E-state index in [1.807, 2.05) is 6.92 Å². The fourth-order valence-electron chi connectivity index (χ4n) is 1.08. The van der Waals surface area contributed by atoms with Crippen molar-refractivity contribution in [2.24, 2.45) is 5.92 Å². The Balaban J connectivity index is 2.52. The summed E-state index contributed by atoms with van der Waals surface area (Å²) in [6, 6.07) is -0.369. The highest BCUT2D eigenvalue weighted by Gasteiger charge is 2.18. The lowest BCUT2D eigenvalue weighted by Gasteiger charge is -2.07. The first kappa shape index (κ1) is 8.04. The zero-order chi connectivity index (χ0) is 8.27. The second kappa shape index (κ2) is 3.37. The SMILES string of the molecule is CCC1CNC(=O)NC(=O)C1. The molecule has 1 unspecified atom stereocenters. The van der Waals surface area contributed by atoms with Gasteiger partial charge in [-0.1, -0.05) is 13.3 Å². The lowest BCUT2D eigenvalue weighted by molar-refractivity contribution is -0.120. The molecule has 1 fully saturated rings. The molecule has 1 rings (SSSR count). The molecule has 0 aromatic heterocycles. The van der Waals surface area contributed by atoms with Gasteiger partial charge in [0.25, 0.3) is 0 Å². The van der Waals surface area contributed by atoms with E-state index < -0.39 is 0 Å². The van der Waals surface area contributed by atoms with Crippen LogP contribution in [0.15, 0.2) is 0 Å². The molecule has 11 heavy (non-hydrogen) atoms. The standard InChI is InChI=1S/C7H12N2O2/c1-2-5-3-6(10)9-7(11)8-4-5/h5H,2-4H2,1H3,(H2,8,9,10,11). The van der Waals surface area contributed by atoms with Crippen LogP contribution in [0.25, 0.3) is 0 Å². The number of hydrogen-bond acceptors (Lipinski definition) is 2. The molecule has 2 N–H and O–H groups in total. The molecule has 1 saturated heterocycles. The number of carbonyl (C=O) groups is 2. The number of rotatable bonds is 1. The zero-order valence-corrected chi connectivity index (χ0v) is 6.52. The molecule has 3 amide bonds. The summed E-state index contributed by atoms with van der Waals surface area (Å²) in [5, 5.41) is 4.82. The predicted molar refractivity (Wildman–Crippen MR) is 39.9 cm³/mol. The quantitative estimate of drug-likeness (QED) is 0.571. The lowest BCUT2D eigenvalue weighted by Crippen LogP contribution is -2.36. The molecule has 0 saturated carbocycles. The number of carbonyl (C=O) groups excluding carboxylic acids is 2. The maximum absolute atomic E-state index is 10.9. The molecule has 1 heterocycles. The molecule has 0 aromatic rings. The number of amides is 3. The largest absolute Gasteiger partial charge is 0.338 e. The molecule has 0 spiro atoms. The van der Waals surface area contributed by atoms with Crippen LogP contribution in [0, 0.1) is 5.92 Å². The average Bonchev–Trinajstić information content (AvgIpc) is 2.11. The van der Waals surface area contributed by atoms with Crippen molar-refractivity contribution in [1.82, 2.24) is 10.6 Å². The summed E-state index contributed by atoms with van der Waals surface area (Å²) in [6.07, 6.45) is 1.38. The van der Waals surface area contributed by atoms with Crippen LogP contribution >= 0.6 is 0 Å². The monoisotopic (exact) mass is 156 g/mol. The van der Waals surface area contributed by atoms with Crippen LogP contribution in [-0.4, -0.2) is 18.5 Å². The highest BCUT2D eigenvalue weighted by Crippen LogP contribution is 2.08. The van der Waals surface area contributed by atoms with Gasteiger partial charge in [-0.15, -0.1) is 0 Å². The fraction of sp³-hybridized carbons (Fsp3) is 0.714. The summed E-state index contributed by atoms with van der Waals surface area (Å²) in [5.74, 6) is 0.119. The summed E-state index contributed by atoms with van der Waals surface area (Å²) in [5.41, 5.74) is 0. The Morgan fingerprint density at radius 2 is 2.27 bits per heavy atom. The van der Waals surface area contributed by atoms with Gasteiger partial charge in [-0.05, 0) is 5.92 Å². The summed E-state index contributed by atoms with van der Waals surface area (Å²) >= 11 is 0. The van der Waals surface area contributed by atoms with Gasteiger partial charge >= 0.3 is 6.03 Å². The van der Waals surface area contributed by atoms with Crippen molar-refractivity contribution in [3.05, 3.63) is 0 Å². The van der Waals surface area contributed by atoms with Crippen molar-refractivity contribution >= 4 is 11.9 Å². The Bertz CT molecular complexity index is 179. The van der Waals surface area contributed by atoms with Crippen molar-refractivity contribution in [2.75, 3.05) is 6.54 Å². The Labute approximate surface area is 65.3 Å². The van der Waals surface area contributed by atoms with Crippen LogP contribution in [0.3, 0.4) is 0 Å². The van der Waals surface area contributed by atoms with Crippen molar-refractivity contribution in [2.45, 2.75) is 19.8 Å². The topological polar surface area (TPSA) is 58.2 Å². The first-order valence-electron chi connectivity index (χ1n) is 3.80. The highest BCUT2D eigenvalue weighted by molar-refractivity contribution is 5.95. The molecule has 4 nitrogen and oxygen atoms in total. The minimum absolute atomic E-state index is 0.174. The summed E-state index contributed by atoms with van der Waals surface area (Å²) < 4.78 is 0. The van der Waals surface area contributed by atoms with E-state index in [1.165, 1.54) is 0 Å². The fourth-order valence-corrected chi connectivity index (χ4v) is 1.08. The molecule has 1 aliphatic heterocycles. The Kier molecular flexibility index (Phi) is 2.46. The van der Waals surface area contributed by atoms with Gasteiger partial charge in [0.2, 0.25) is 5.91 Å². The first-order chi connectivity index (χ1) is 5.22. The van der Waals surface area contributed by atoms with Crippen molar-refractivity contribution in [3.63, 3.8) is 0 Å². The normalized spacial score (nSPS) is 25.4. The maximum Gasteiger partial charge on any atom is 0.321 e. The summed E-state index contributed by atoms with van der Waals surface area (Å²) in [6.45, 7) is 2.61.